The maximum absolute atomic E-state index is 12.6. The second-order valence-electron chi connectivity index (χ2n) is 6.03. The average molecular weight is 272 g/mol. The van der Waals surface area contributed by atoms with E-state index in [4.69, 9.17) is 0 Å². The van der Waals surface area contributed by atoms with Gasteiger partial charge in [0.2, 0.25) is 0 Å². The largest absolute Gasteiger partial charge is 0.416 e. The number of halogens is 3. The maximum Gasteiger partial charge on any atom is 0.416 e. The van der Waals surface area contributed by atoms with Gasteiger partial charge < -0.3 is 5.32 Å². The van der Waals surface area contributed by atoms with Gasteiger partial charge in [0.05, 0.1) is 5.56 Å². The predicted molar refractivity (Wildman–Crippen MR) is 68.9 cm³/mol. The molecule has 1 aromatic rings. The van der Waals surface area contributed by atoms with Gasteiger partial charge >= 0.3 is 6.18 Å². The van der Waals surface area contributed by atoms with E-state index in [9.17, 15) is 13.2 Å². The van der Waals surface area contributed by atoms with E-state index < -0.39 is 11.7 Å². The van der Waals surface area contributed by atoms with Crippen LogP contribution in [-0.2, 0) is 6.18 Å². The second-order valence-corrected chi connectivity index (χ2v) is 6.03. The molecule has 1 aliphatic carbocycles. The van der Waals surface area contributed by atoms with Crippen LogP contribution in [0.1, 0.15) is 45.1 Å². The van der Waals surface area contributed by atoms with Gasteiger partial charge in [-0.2, -0.15) is 13.2 Å². The third-order valence-electron chi connectivity index (χ3n) is 3.64. The highest BCUT2D eigenvalue weighted by Gasteiger charge is 2.31. The van der Waals surface area contributed by atoms with Crippen molar-refractivity contribution in [2.45, 2.75) is 51.7 Å². The van der Waals surface area contributed by atoms with E-state index in [0.29, 0.717) is 5.82 Å². The normalized spacial score (nSPS) is 23.1. The Morgan fingerprint density at radius 1 is 1.37 bits per heavy atom. The molecule has 0 saturated heterocycles. The standard InChI is InChI=1S/C14H19F3N2/c1-13(2)6-3-4-11(9-13)19-12-8-10(5-7-18-12)14(15,16)17/h5,7-8,11H,3-4,6,9H2,1-2H3,(H,18,19). The van der Waals surface area contributed by atoms with Gasteiger partial charge in [-0.05, 0) is 36.8 Å². The molecule has 2 rings (SSSR count). The van der Waals surface area contributed by atoms with Gasteiger partial charge in [-0.3, -0.25) is 0 Å². The predicted octanol–water partition coefficient (Wildman–Crippen LogP) is 4.48. The van der Waals surface area contributed by atoms with Crippen molar-refractivity contribution in [1.29, 1.82) is 0 Å². The Labute approximate surface area is 111 Å². The fourth-order valence-corrected chi connectivity index (χ4v) is 2.72. The van der Waals surface area contributed by atoms with Gasteiger partial charge in [-0.25, -0.2) is 4.98 Å². The van der Waals surface area contributed by atoms with Gasteiger partial charge in [0, 0.05) is 12.2 Å². The minimum Gasteiger partial charge on any atom is -0.367 e. The highest BCUT2D eigenvalue weighted by atomic mass is 19.4. The van der Waals surface area contributed by atoms with Crippen LogP contribution >= 0.6 is 0 Å². The Bertz CT molecular complexity index is 441. The molecule has 106 valence electrons. The molecular weight excluding hydrogens is 253 g/mol. The molecule has 1 unspecified atom stereocenters. The molecule has 1 aromatic heterocycles. The van der Waals surface area contributed by atoms with Crippen molar-refractivity contribution in [3.05, 3.63) is 23.9 Å². The Hall–Kier alpha value is -1.26. The van der Waals surface area contributed by atoms with E-state index in [0.717, 1.165) is 31.4 Å². The summed E-state index contributed by atoms with van der Waals surface area (Å²) >= 11 is 0. The van der Waals surface area contributed by atoms with Crippen LogP contribution in [0, 0.1) is 5.41 Å². The van der Waals surface area contributed by atoms with Crippen LogP contribution in [0.15, 0.2) is 18.3 Å². The van der Waals surface area contributed by atoms with Crippen molar-refractivity contribution < 1.29 is 13.2 Å². The second kappa shape index (κ2) is 5.02. The lowest BCUT2D eigenvalue weighted by molar-refractivity contribution is -0.137. The quantitative estimate of drug-likeness (QED) is 0.858. The fourth-order valence-electron chi connectivity index (χ4n) is 2.72. The molecule has 1 N–H and O–H groups in total. The molecule has 0 spiro atoms. The zero-order valence-electron chi connectivity index (χ0n) is 11.2. The van der Waals surface area contributed by atoms with Crippen molar-refractivity contribution in [2.75, 3.05) is 5.32 Å². The summed E-state index contributed by atoms with van der Waals surface area (Å²) in [5.41, 5.74) is -0.405. The van der Waals surface area contributed by atoms with Gasteiger partial charge in [0.15, 0.2) is 0 Å². The Morgan fingerprint density at radius 3 is 2.74 bits per heavy atom. The third kappa shape index (κ3) is 3.85. The molecular formula is C14H19F3N2. The molecule has 0 amide bonds. The van der Waals surface area contributed by atoms with Gasteiger partial charge in [0.25, 0.3) is 0 Å². The number of hydrogen-bond acceptors (Lipinski definition) is 2. The molecule has 0 aromatic carbocycles. The van der Waals surface area contributed by atoms with E-state index in [1.165, 1.54) is 12.6 Å². The number of rotatable bonds is 2. The van der Waals surface area contributed by atoms with Crippen LogP contribution in [0.5, 0.6) is 0 Å². The summed E-state index contributed by atoms with van der Waals surface area (Å²) in [6.45, 7) is 4.39. The van der Waals surface area contributed by atoms with Crippen LogP contribution in [0.3, 0.4) is 0 Å². The number of aromatic nitrogens is 1. The lowest BCUT2D eigenvalue weighted by atomic mass is 9.75. The molecule has 1 heterocycles. The first-order valence-corrected chi connectivity index (χ1v) is 6.56. The first-order chi connectivity index (χ1) is 8.76. The van der Waals surface area contributed by atoms with Crippen molar-refractivity contribution in [3.63, 3.8) is 0 Å². The molecule has 1 aliphatic rings. The van der Waals surface area contributed by atoms with Gasteiger partial charge in [0.1, 0.15) is 5.82 Å². The monoisotopic (exact) mass is 272 g/mol. The highest BCUT2D eigenvalue weighted by Crippen LogP contribution is 2.36. The van der Waals surface area contributed by atoms with Crippen LogP contribution in [0.25, 0.3) is 0 Å². The van der Waals surface area contributed by atoms with Crippen molar-refractivity contribution in [3.8, 4) is 0 Å². The molecule has 0 bridgehead atoms. The summed E-state index contributed by atoms with van der Waals surface area (Å²) in [6.07, 6.45) is 1.11. The summed E-state index contributed by atoms with van der Waals surface area (Å²) in [5.74, 6) is 0.317. The van der Waals surface area contributed by atoms with E-state index >= 15 is 0 Å². The first-order valence-electron chi connectivity index (χ1n) is 6.56. The van der Waals surface area contributed by atoms with Crippen LogP contribution in [0.2, 0.25) is 0 Å². The number of pyridine rings is 1. The van der Waals surface area contributed by atoms with Crippen molar-refractivity contribution in [2.24, 2.45) is 5.41 Å². The summed E-state index contributed by atoms with van der Waals surface area (Å²) in [7, 11) is 0. The van der Waals surface area contributed by atoms with E-state index in [1.54, 1.807) is 0 Å². The van der Waals surface area contributed by atoms with Gasteiger partial charge in [-0.15, -0.1) is 0 Å². The van der Waals surface area contributed by atoms with Crippen LogP contribution in [0.4, 0.5) is 19.0 Å². The molecule has 1 fully saturated rings. The highest BCUT2D eigenvalue weighted by molar-refractivity contribution is 5.39. The van der Waals surface area contributed by atoms with Crippen LogP contribution < -0.4 is 5.32 Å². The minimum atomic E-state index is -4.31. The molecule has 1 saturated carbocycles. The number of nitrogens with one attached hydrogen (secondary N) is 1. The van der Waals surface area contributed by atoms with E-state index in [2.05, 4.69) is 24.1 Å². The molecule has 2 nitrogen and oxygen atoms in total. The SMILES string of the molecule is CC1(C)CCCC(Nc2cc(C(F)(F)F)ccn2)C1. The Balaban J connectivity index is 2.07. The number of alkyl halides is 3. The minimum absolute atomic E-state index is 0.208. The number of hydrogen-bond donors (Lipinski definition) is 1. The average Bonchev–Trinajstić information content (AvgIpc) is 2.26. The smallest absolute Gasteiger partial charge is 0.367 e. The van der Waals surface area contributed by atoms with Crippen molar-refractivity contribution in [1.82, 2.24) is 4.98 Å². The topological polar surface area (TPSA) is 24.9 Å². The van der Waals surface area contributed by atoms with Crippen molar-refractivity contribution >= 4 is 5.82 Å². The lowest BCUT2D eigenvalue weighted by Crippen LogP contribution is -2.32. The first kappa shape index (κ1) is 14.2. The number of nitrogens with zero attached hydrogens (tertiary/aromatic N) is 1. The number of anilines is 1. The van der Waals surface area contributed by atoms with Gasteiger partial charge in [-0.1, -0.05) is 20.3 Å². The molecule has 0 radical (unpaired) electrons. The molecule has 5 heteroatoms. The summed E-state index contributed by atoms with van der Waals surface area (Å²) in [6, 6.07) is 2.29. The Morgan fingerprint density at radius 2 is 2.11 bits per heavy atom. The van der Waals surface area contributed by atoms with E-state index in [-0.39, 0.29) is 11.5 Å². The maximum atomic E-state index is 12.6. The van der Waals surface area contributed by atoms with Crippen LogP contribution in [-0.4, -0.2) is 11.0 Å². The summed E-state index contributed by atoms with van der Waals surface area (Å²) in [5, 5.41) is 3.14. The lowest BCUT2D eigenvalue weighted by Gasteiger charge is -2.35. The summed E-state index contributed by atoms with van der Waals surface area (Å²) < 4.78 is 37.8. The fraction of sp³-hybridized carbons (Fsp3) is 0.643. The zero-order chi connectivity index (χ0) is 14.1. The molecule has 0 aliphatic heterocycles. The van der Waals surface area contributed by atoms with E-state index in [1.807, 2.05) is 0 Å². The molecule has 19 heavy (non-hydrogen) atoms. The zero-order valence-corrected chi connectivity index (χ0v) is 11.2. The Kier molecular flexibility index (Phi) is 3.74. The third-order valence-corrected chi connectivity index (χ3v) is 3.64. The summed E-state index contributed by atoms with van der Waals surface area (Å²) in [4.78, 5) is 3.98. The molecule has 1 atom stereocenters.